The average molecular weight is 590 g/mol. The lowest BCUT2D eigenvalue weighted by Gasteiger charge is -2.18. The molecule has 0 aliphatic carbocycles. The zero-order valence-electron chi connectivity index (χ0n) is 27.1. The molecule has 0 aliphatic heterocycles. The highest BCUT2D eigenvalue weighted by molar-refractivity contribution is 5.80. The van der Waals surface area contributed by atoms with Gasteiger partial charge in [-0.2, -0.15) is 0 Å². The van der Waals surface area contributed by atoms with Crippen LogP contribution < -0.4 is 5.32 Å². The van der Waals surface area contributed by atoms with Crippen LogP contribution in [-0.4, -0.2) is 35.6 Å². The summed E-state index contributed by atoms with van der Waals surface area (Å²) in [5.41, 5.74) is 0. The number of allylic oxidation sites excluding steroid dienone is 6. The summed E-state index contributed by atoms with van der Waals surface area (Å²) in [4.78, 5) is 34.7. The lowest BCUT2D eigenvalue weighted by atomic mass is 10.0. The first-order valence-corrected chi connectivity index (χ1v) is 17.1. The molecule has 0 aromatic carbocycles. The average Bonchev–Trinajstić information content (AvgIpc) is 2.97. The molecule has 0 aromatic heterocycles. The van der Waals surface area contributed by atoms with E-state index in [0.29, 0.717) is 12.8 Å². The molecular weight excluding hydrogens is 526 g/mol. The predicted molar refractivity (Wildman–Crippen MR) is 175 cm³/mol. The molecule has 6 nitrogen and oxygen atoms in total. The van der Waals surface area contributed by atoms with Gasteiger partial charge in [0.05, 0.1) is 0 Å². The van der Waals surface area contributed by atoms with Gasteiger partial charge in [0.25, 0.3) is 0 Å². The highest BCUT2D eigenvalue weighted by Crippen LogP contribution is 2.18. The van der Waals surface area contributed by atoms with Crippen LogP contribution in [0, 0.1) is 0 Å². The van der Waals surface area contributed by atoms with E-state index in [2.05, 4.69) is 55.6 Å². The predicted octanol–water partition coefficient (Wildman–Crippen LogP) is 9.78. The van der Waals surface area contributed by atoms with Gasteiger partial charge >= 0.3 is 11.9 Å². The largest absolute Gasteiger partial charge is 0.480 e. The van der Waals surface area contributed by atoms with E-state index in [1.165, 1.54) is 51.4 Å². The first-order chi connectivity index (χ1) is 20.5. The molecule has 0 saturated carbocycles. The number of ether oxygens (including phenoxy) is 1. The van der Waals surface area contributed by atoms with Gasteiger partial charge in [-0.15, -0.1) is 0 Å². The van der Waals surface area contributed by atoms with Crippen LogP contribution >= 0.6 is 0 Å². The molecule has 6 heteroatoms. The van der Waals surface area contributed by atoms with E-state index in [9.17, 15) is 14.4 Å². The first kappa shape index (κ1) is 39.6. The third-order valence-corrected chi connectivity index (χ3v) is 7.33. The highest BCUT2D eigenvalue weighted by Gasteiger charge is 2.14. The third-order valence-electron chi connectivity index (χ3n) is 7.33. The number of hydrogen-bond acceptors (Lipinski definition) is 4. The Labute approximate surface area is 257 Å². The highest BCUT2D eigenvalue weighted by atomic mass is 16.5. The molecule has 1 atom stereocenters. The SMILES string of the molecule is CC/C=C\C/C=C\C/C=C\CCCCCCCC(=O)OC(CCCCCCCC)CCCCCCC(=O)NCC(=O)O. The Morgan fingerprint density at radius 2 is 1.17 bits per heavy atom. The fraction of sp³-hybridized carbons (Fsp3) is 0.750. The molecule has 0 bridgehead atoms. The number of hydrogen-bond donors (Lipinski definition) is 2. The Morgan fingerprint density at radius 1 is 0.643 bits per heavy atom. The molecule has 1 amide bonds. The van der Waals surface area contributed by atoms with Crippen LogP contribution in [0.1, 0.15) is 162 Å². The molecule has 0 spiro atoms. The number of unbranched alkanes of at least 4 members (excludes halogenated alkanes) is 13. The Kier molecular flexibility index (Phi) is 29.8. The van der Waals surface area contributed by atoms with Crippen molar-refractivity contribution in [1.29, 1.82) is 0 Å². The summed E-state index contributed by atoms with van der Waals surface area (Å²) in [5.74, 6) is -1.29. The summed E-state index contributed by atoms with van der Waals surface area (Å²) < 4.78 is 5.92. The van der Waals surface area contributed by atoms with Gasteiger partial charge in [0.2, 0.25) is 5.91 Å². The van der Waals surface area contributed by atoms with Crippen molar-refractivity contribution in [1.82, 2.24) is 5.32 Å². The minimum Gasteiger partial charge on any atom is -0.480 e. The number of carboxylic acids is 1. The van der Waals surface area contributed by atoms with Crippen LogP contribution in [0.5, 0.6) is 0 Å². The monoisotopic (exact) mass is 589 g/mol. The summed E-state index contributed by atoms with van der Waals surface area (Å²) >= 11 is 0. The van der Waals surface area contributed by atoms with Crippen molar-refractivity contribution in [2.45, 2.75) is 168 Å². The molecule has 0 radical (unpaired) electrons. The van der Waals surface area contributed by atoms with E-state index >= 15 is 0 Å². The van der Waals surface area contributed by atoms with Gasteiger partial charge in [0, 0.05) is 12.8 Å². The van der Waals surface area contributed by atoms with E-state index in [-0.39, 0.29) is 24.5 Å². The van der Waals surface area contributed by atoms with Crippen molar-refractivity contribution < 1.29 is 24.2 Å². The number of rotatable bonds is 30. The van der Waals surface area contributed by atoms with Crippen LogP contribution in [0.4, 0.5) is 0 Å². The maximum absolute atomic E-state index is 12.6. The van der Waals surface area contributed by atoms with Gasteiger partial charge in [-0.3, -0.25) is 14.4 Å². The maximum atomic E-state index is 12.6. The van der Waals surface area contributed by atoms with Gasteiger partial charge in [-0.25, -0.2) is 0 Å². The van der Waals surface area contributed by atoms with Crippen LogP contribution in [0.25, 0.3) is 0 Å². The molecule has 42 heavy (non-hydrogen) atoms. The second-order valence-corrected chi connectivity index (χ2v) is 11.4. The molecule has 0 fully saturated rings. The topological polar surface area (TPSA) is 92.7 Å². The fourth-order valence-corrected chi connectivity index (χ4v) is 4.82. The van der Waals surface area contributed by atoms with Crippen LogP contribution in [0.15, 0.2) is 36.5 Å². The van der Waals surface area contributed by atoms with Crippen LogP contribution in [-0.2, 0) is 19.1 Å². The second kappa shape index (κ2) is 31.6. The smallest absolute Gasteiger partial charge is 0.322 e. The molecule has 0 aliphatic rings. The minimum atomic E-state index is -1.02. The fourth-order valence-electron chi connectivity index (χ4n) is 4.82. The second-order valence-electron chi connectivity index (χ2n) is 11.4. The summed E-state index contributed by atoms with van der Waals surface area (Å²) in [6.45, 7) is 4.06. The van der Waals surface area contributed by atoms with Crippen molar-refractivity contribution in [3.8, 4) is 0 Å². The Hall–Kier alpha value is -2.37. The number of esters is 1. The van der Waals surface area contributed by atoms with E-state index < -0.39 is 5.97 Å². The maximum Gasteiger partial charge on any atom is 0.322 e. The molecular formula is C36H63NO5. The van der Waals surface area contributed by atoms with Crippen molar-refractivity contribution in [2.75, 3.05) is 6.54 Å². The quantitative estimate of drug-likeness (QED) is 0.0494. The van der Waals surface area contributed by atoms with Crippen molar-refractivity contribution in [3.05, 3.63) is 36.5 Å². The third kappa shape index (κ3) is 30.6. The molecule has 0 saturated heterocycles. The van der Waals surface area contributed by atoms with Gasteiger partial charge in [-0.05, 0) is 70.6 Å². The number of amides is 1. The van der Waals surface area contributed by atoms with E-state index in [1.54, 1.807) is 0 Å². The van der Waals surface area contributed by atoms with E-state index in [4.69, 9.17) is 9.84 Å². The Morgan fingerprint density at radius 3 is 1.79 bits per heavy atom. The minimum absolute atomic E-state index is 0.00280. The molecule has 0 aromatic rings. The molecule has 2 N–H and O–H groups in total. The van der Waals surface area contributed by atoms with E-state index in [0.717, 1.165) is 83.5 Å². The molecule has 1 unspecified atom stereocenters. The summed E-state index contributed by atoms with van der Waals surface area (Å²) in [5, 5.41) is 11.0. The van der Waals surface area contributed by atoms with Crippen molar-refractivity contribution >= 4 is 17.8 Å². The normalized spacial score (nSPS) is 12.4. The number of carbonyl (C=O) groups excluding carboxylic acids is 2. The van der Waals surface area contributed by atoms with Gasteiger partial charge in [0.1, 0.15) is 12.6 Å². The van der Waals surface area contributed by atoms with Crippen LogP contribution in [0.2, 0.25) is 0 Å². The number of aliphatic carboxylic acids is 1. The van der Waals surface area contributed by atoms with Gasteiger partial charge < -0.3 is 15.2 Å². The van der Waals surface area contributed by atoms with Crippen LogP contribution in [0.3, 0.4) is 0 Å². The number of carbonyl (C=O) groups is 3. The zero-order chi connectivity index (χ0) is 30.9. The van der Waals surface area contributed by atoms with Gasteiger partial charge in [-0.1, -0.05) is 115 Å². The van der Waals surface area contributed by atoms with Crippen molar-refractivity contribution in [2.24, 2.45) is 0 Å². The number of carboxylic acid groups (broad SMARTS) is 1. The van der Waals surface area contributed by atoms with Gasteiger partial charge in [0.15, 0.2) is 0 Å². The summed E-state index contributed by atoms with van der Waals surface area (Å²) in [6.07, 6.45) is 36.9. The molecule has 0 heterocycles. The summed E-state index contributed by atoms with van der Waals surface area (Å²) in [7, 11) is 0. The van der Waals surface area contributed by atoms with Crippen molar-refractivity contribution in [3.63, 3.8) is 0 Å². The molecule has 0 rings (SSSR count). The standard InChI is InChI=1S/C36H63NO5/c1-3-5-7-9-11-12-13-14-15-16-17-18-19-21-27-31-36(41)42-33(28-24-20-10-8-6-4-2)29-25-22-23-26-30-34(38)37-32-35(39)40/h5,7,11-12,14-15,33H,3-4,6,8-10,13,16-32H2,1-2H3,(H,37,38)(H,39,40)/b7-5-,12-11-,15-14-. The summed E-state index contributed by atoms with van der Waals surface area (Å²) in [6, 6.07) is 0. The van der Waals surface area contributed by atoms with E-state index in [1.807, 2.05) is 0 Å². The zero-order valence-corrected chi connectivity index (χ0v) is 27.1. The first-order valence-electron chi connectivity index (χ1n) is 17.1. The number of nitrogens with one attached hydrogen (secondary N) is 1. The molecule has 242 valence electrons. The Bertz CT molecular complexity index is 743. The lowest BCUT2D eigenvalue weighted by molar-refractivity contribution is -0.150. The lowest BCUT2D eigenvalue weighted by Crippen LogP contribution is -2.28. The Balaban J connectivity index is 4.07.